The Morgan fingerprint density at radius 1 is 1.17 bits per heavy atom. The standard InChI is InChI=1S/C28H36N6O/c1-3-7-21-16-33(15-13-29-21)27-24-17-34(26-12-11-20-8-4-5-10-23(20)26)18-25(24)30-28(31-27)35-19-22-9-6-14-32(22)2/h1,4-5,8,10,21-22,26,29H,6-7,9,11-19H2,2H3. The lowest BCUT2D eigenvalue weighted by atomic mass is 10.1. The van der Waals surface area contributed by atoms with Crippen LogP contribution in [-0.2, 0) is 19.5 Å². The molecule has 0 amide bonds. The van der Waals surface area contributed by atoms with E-state index in [1.165, 1.54) is 36.0 Å². The van der Waals surface area contributed by atoms with E-state index < -0.39 is 0 Å². The highest BCUT2D eigenvalue weighted by Crippen LogP contribution is 2.42. The molecule has 184 valence electrons. The van der Waals surface area contributed by atoms with Gasteiger partial charge in [-0.25, -0.2) is 0 Å². The first kappa shape index (κ1) is 22.8. The third kappa shape index (κ3) is 4.51. The molecule has 1 aromatic heterocycles. The van der Waals surface area contributed by atoms with Crippen molar-refractivity contribution in [3.63, 3.8) is 0 Å². The Bertz CT molecular complexity index is 1110. The minimum absolute atomic E-state index is 0.287. The molecular weight excluding hydrogens is 436 g/mol. The van der Waals surface area contributed by atoms with E-state index in [2.05, 4.69) is 57.3 Å². The van der Waals surface area contributed by atoms with Crippen molar-refractivity contribution in [3.05, 3.63) is 46.6 Å². The van der Waals surface area contributed by atoms with Crippen molar-refractivity contribution in [2.45, 2.75) is 63.3 Å². The fourth-order valence-corrected chi connectivity index (χ4v) is 6.36. The summed E-state index contributed by atoms with van der Waals surface area (Å²) in [6.45, 7) is 6.22. The van der Waals surface area contributed by atoms with Gasteiger partial charge in [-0.3, -0.25) is 4.90 Å². The molecule has 2 aromatic rings. The number of anilines is 1. The molecule has 35 heavy (non-hydrogen) atoms. The van der Waals surface area contributed by atoms with Crippen LogP contribution in [0, 0.1) is 12.3 Å². The van der Waals surface area contributed by atoms with Gasteiger partial charge >= 0.3 is 6.01 Å². The number of nitrogens with zero attached hydrogens (tertiary/aromatic N) is 5. The molecule has 1 N–H and O–H groups in total. The lowest BCUT2D eigenvalue weighted by molar-refractivity contribution is 0.186. The van der Waals surface area contributed by atoms with Gasteiger partial charge in [0, 0.05) is 62.8 Å². The average Bonchev–Trinajstić information content (AvgIpc) is 3.60. The molecule has 0 spiro atoms. The van der Waals surface area contributed by atoms with Crippen molar-refractivity contribution in [2.24, 2.45) is 0 Å². The zero-order valence-corrected chi connectivity index (χ0v) is 20.7. The molecule has 7 heteroatoms. The van der Waals surface area contributed by atoms with Gasteiger partial charge in [0.15, 0.2) is 0 Å². The van der Waals surface area contributed by atoms with E-state index in [1.807, 2.05) is 0 Å². The molecule has 2 fully saturated rings. The summed E-state index contributed by atoms with van der Waals surface area (Å²) < 4.78 is 6.25. The summed E-state index contributed by atoms with van der Waals surface area (Å²) in [6.07, 6.45) is 11.1. The average molecular weight is 473 g/mol. The monoisotopic (exact) mass is 472 g/mol. The molecule has 0 saturated carbocycles. The molecule has 1 aromatic carbocycles. The molecule has 6 rings (SSSR count). The Balaban J connectivity index is 1.27. The highest BCUT2D eigenvalue weighted by Gasteiger charge is 2.36. The summed E-state index contributed by atoms with van der Waals surface area (Å²) in [5.74, 6) is 3.87. The van der Waals surface area contributed by atoms with Crippen molar-refractivity contribution >= 4 is 5.82 Å². The van der Waals surface area contributed by atoms with Crippen molar-refractivity contribution in [2.75, 3.05) is 44.7 Å². The molecule has 3 aliphatic heterocycles. The number of likely N-dealkylation sites (N-methyl/N-ethyl adjacent to an activating group) is 1. The van der Waals surface area contributed by atoms with Gasteiger partial charge < -0.3 is 19.9 Å². The summed E-state index contributed by atoms with van der Waals surface area (Å²) in [4.78, 5) is 17.4. The number of hydrogen-bond donors (Lipinski definition) is 1. The predicted octanol–water partition coefficient (Wildman–Crippen LogP) is 2.75. The smallest absolute Gasteiger partial charge is 0.318 e. The van der Waals surface area contributed by atoms with E-state index in [0.29, 0.717) is 24.7 Å². The number of benzene rings is 1. The number of ether oxygens (including phenoxy) is 1. The Hall–Kier alpha value is -2.66. The molecule has 3 atom stereocenters. The van der Waals surface area contributed by atoms with Gasteiger partial charge in [0.2, 0.25) is 0 Å². The largest absolute Gasteiger partial charge is 0.462 e. The van der Waals surface area contributed by atoms with Crippen LogP contribution in [0.3, 0.4) is 0 Å². The molecule has 7 nitrogen and oxygen atoms in total. The Morgan fingerprint density at radius 2 is 2.09 bits per heavy atom. The van der Waals surface area contributed by atoms with E-state index in [1.54, 1.807) is 0 Å². The summed E-state index contributed by atoms with van der Waals surface area (Å²) in [6, 6.07) is 10.6. The van der Waals surface area contributed by atoms with Crippen LogP contribution in [-0.4, -0.2) is 71.7 Å². The predicted molar refractivity (Wildman–Crippen MR) is 137 cm³/mol. The molecule has 4 heterocycles. The maximum Gasteiger partial charge on any atom is 0.318 e. The van der Waals surface area contributed by atoms with Crippen LogP contribution in [0.1, 0.15) is 54.1 Å². The number of aromatic nitrogens is 2. The van der Waals surface area contributed by atoms with Gasteiger partial charge in [-0.2, -0.15) is 9.97 Å². The summed E-state index contributed by atoms with van der Waals surface area (Å²) in [5.41, 5.74) is 5.36. The number of likely N-dealkylation sites (tertiary alicyclic amines) is 1. The quantitative estimate of drug-likeness (QED) is 0.649. The molecule has 0 bridgehead atoms. The number of aryl methyl sites for hydroxylation is 1. The first-order valence-electron chi connectivity index (χ1n) is 13.2. The molecule has 2 saturated heterocycles. The maximum absolute atomic E-state index is 6.25. The summed E-state index contributed by atoms with van der Waals surface area (Å²) in [7, 11) is 2.18. The van der Waals surface area contributed by atoms with Gasteiger partial charge in [0.1, 0.15) is 12.4 Å². The molecule has 4 aliphatic rings. The van der Waals surface area contributed by atoms with E-state index in [9.17, 15) is 0 Å². The summed E-state index contributed by atoms with van der Waals surface area (Å²) >= 11 is 0. The minimum atomic E-state index is 0.287. The third-order valence-corrected chi connectivity index (χ3v) is 8.30. The van der Waals surface area contributed by atoms with Crippen LogP contribution in [0.15, 0.2) is 24.3 Å². The zero-order chi connectivity index (χ0) is 23.8. The molecule has 3 unspecified atom stereocenters. The number of rotatable bonds is 6. The lowest BCUT2D eigenvalue weighted by Gasteiger charge is -2.35. The van der Waals surface area contributed by atoms with Gasteiger partial charge in [-0.05, 0) is 50.4 Å². The minimum Gasteiger partial charge on any atom is -0.462 e. The lowest BCUT2D eigenvalue weighted by Crippen LogP contribution is -2.51. The molecule has 0 radical (unpaired) electrons. The van der Waals surface area contributed by atoms with E-state index in [0.717, 1.165) is 63.6 Å². The topological polar surface area (TPSA) is 56.8 Å². The van der Waals surface area contributed by atoms with Gasteiger partial charge in [0.25, 0.3) is 0 Å². The van der Waals surface area contributed by atoms with Crippen LogP contribution in [0.5, 0.6) is 6.01 Å². The summed E-state index contributed by atoms with van der Waals surface area (Å²) in [5, 5.41) is 3.56. The van der Waals surface area contributed by atoms with Gasteiger partial charge in [-0.15, -0.1) is 12.3 Å². The number of terminal acetylenes is 1. The first-order chi connectivity index (χ1) is 17.2. The highest BCUT2D eigenvalue weighted by atomic mass is 16.5. The fourth-order valence-electron chi connectivity index (χ4n) is 6.36. The number of fused-ring (bicyclic) bond motifs is 2. The second-order valence-corrected chi connectivity index (χ2v) is 10.5. The number of nitrogens with one attached hydrogen (secondary N) is 1. The second kappa shape index (κ2) is 9.77. The second-order valence-electron chi connectivity index (χ2n) is 10.5. The third-order valence-electron chi connectivity index (χ3n) is 8.30. The van der Waals surface area contributed by atoms with E-state index >= 15 is 0 Å². The van der Waals surface area contributed by atoms with Crippen molar-refractivity contribution in [1.82, 2.24) is 25.1 Å². The van der Waals surface area contributed by atoms with E-state index in [-0.39, 0.29) is 6.04 Å². The fraction of sp³-hybridized carbons (Fsp3) is 0.571. The van der Waals surface area contributed by atoms with Crippen LogP contribution in [0.25, 0.3) is 0 Å². The van der Waals surface area contributed by atoms with Crippen LogP contribution in [0.2, 0.25) is 0 Å². The maximum atomic E-state index is 6.25. The SMILES string of the molecule is C#CCC1CN(c2nc(OCC3CCCN3C)nc3c2CN(C2CCc4ccccc42)C3)CCN1. The van der Waals surface area contributed by atoms with E-state index in [4.69, 9.17) is 21.1 Å². The Kier molecular flexibility index (Phi) is 6.36. The Morgan fingerprint density at radius 3 is 2.94 bits per heavy atom. The normalized spacial score (nSPS) is 26.5. The van der Waals surface area contributed by atoms with Gasteiger partial charge in [0.05, 0.1) is 5.69 Å². The van der Waals surface area contributed by atoms with Gasteiger partial charge in [-0.1, -0.05) is 24.3 Å². The number of hydrogen-bond acceptors (Lipinski definition) is 7. The van der Waals surface area contributed by atoms with Crippen LogP contribution >= 0.6 is 0 Å². The highest BCUT2D eigenvalue weighted by molar-refractivity contribution is 5.52. The zero-order valence-electron chi connectivity index (χ0n) is 20.7. The molecular formula is C28H36N6O. The first-order valence-corrected chi connectivity index (χ1v) is 13.2. The molecule has 1 aliphatic carbocycles. The van der Waals surface area contributed by atoms with Crippen molar-refractivity contribution in [3.8, 4) is 18.4 Å². The van der Waals surface area contributed by atoms with Crippen molar-refractivity contribution in [1.29, 1.82) is 0 Å². The Labute approximate surface area is 208 Å². The van der Waals surface area contributed by atoms with Crippen LogP contribution in [0.4, 0.5) is 5.82 Å². The van der Waals surface area contributed by atoms with Crippen molar-refractivity contribution < 1.29 is 4.74 Å². The van der Waals surface area contributed by atoms with Crippen LogP contribution < -0.4 is 15.0 Å². The number of piperazine rings is 1.